The van der Waals surface area contributed by atoms with E-state index in [-0.39, 0.29) is 11.3 Å². The molecule has 50 heavy (non-hydrogen) atoms. The Kier molecular flexibility index (Phi) is 9.00. The fraction of sp³-hybridized carbons (Fsp3) is 0.353. The molecule has 16 heteroatoms. The molecule has 2 fully saturated rings. The first kappa shape index (κ1) is 32.4. The average molecular weight is 716 g/mol. The maximum Gasteiger partial charge on any atom is 0.347 e. The summed E-state index contributed by atoms with van der Waals surface area (Å²) in [5.41, 5.74) is 2.67. The lowest BCUT2D eigenvalue weighted by atomic mass is 10.0. The van der Waals surface area contributed by atoms with E-state index in [1.54, 1.807) is 0 Å². The molecule has 6 heterocycles. The van der Waals surface area contributed by atoms with Gasteiger partial charge < -0.3 is 20.4 Å². The van der Waals surface area contributed by atoms with Crippen molar-refractivity contribution in [1.82, 2.24) is 49.9 Å². The minimum atomic E-state index is -0.521. The molecule has 8 rings (SSSR count). The Bertz CT molecular complexity index is 2260. The van der Waals surface area contributed by atoms with Gasteiger partial charge in [0.1, 0.15) is 23.7 Å². The van der Waals surface area contributed by atoms with Crippen molar-refractivity contribution in [3.8, 4) is 0 Å². The summed E-state index contributed by atoms with van der Waals surface area (Å²) in [4.78, 5) is 55.2. The highest BCUT2D eigenvalue weighted by molar-refractivity contribution is 6.31. The van der Waals surface area contributed by atoms with Crippen LogP contribution in [0.15, 0.2) is 70.8 Å². The summed E-state index contributed by atoms with van der Waals surface area (Å²) < 4.78 is 2.45. The van der Waals surface area contributed by atoms with Gasteiger partial charge in [0.05, 0.1) is 0 Å². The molecule has 4 N–H and O–H groups in total. The number of nitrogens with one attached hydrogen (secondary N) is 4. The summed E-state index contributed by atoms with van der Waals surface area (Å²) in [5.74, 6) is 1.24. The van der Waals surface area contributed by atoms with E-state index in [9.17, 15) is 9.59 Å². The Hall–Kier alpha value is -4.76. The molecule has 6 aromatic rings. The summed E-state index contributed by atoms with van der Waals surface area (Å²) in [5, 5.41) is 8.73. The van der Waals surface area contributed by atoms with Crippen LogP contribution in [0, 0.1) is 0 Å². The van der Waals surface area contributed by atoms with Crippen molar-refractivity contribution in [2.45, 2.75) is 50.9 Å². The molecule has 0 atom stereocenters. The van der Waals surface area contributed by atoms with Crippen molar-refractivity contribution in [2.24, 2.45) is 0 Å². The van der Waals surface area contributed by atoms with Gasteiger partial charge in [0.2, 0.25) is 0 Å². The smallest absolute Gasteiger partial charge is 0.347 e. The molecule has 0 radical (unpaired) electrons. The van der Waals surface area contributed by atoms with Crippen LogP contribution in [0.2, 0.25) is 10.0 Å². The Morgan fingerprint density at radius 3 is 1.76 bits per heavy atom. The largest absolute Gasteiger partial charge is 0.355 e. The number of hydrogen-bond donors (Lipinski definition) is 4. The molecule has 0 amide bonds. The third-order valence-corrected chi connectivity index (χ3v) is 10.3. The highest BCUT2D eigenvalue weighted by Gasteiger charge is 2.27. The standard InChI is InChI=1S/C34H36Cl2N12O2/c35-23-6-3-4-21(16-23)17-37-24-8-12-45(13-9-24)29-27-31(41-19-39-29)47(33(49)43-27)48-32-28(44-34(48)50)30(40-20-42-32)46-14-10-25(11-15-46)38-18-22-5-1-2-7-26(22)36/h1-7,16,19-20,24-25,37-38H,8-15,17-18H2,(H,43,49)(H,44,50). The molecule has 0 bridgehead atoms. The molecular weight excluding hydrogens is 679 g/mol. The van der Waals surface area contributed by atoms with Crippen molar-refractivity contribution >= 4 is 57.2 Å². The Morgan fingerprint density at radius 1 is 0.680 bits per heavy atom. The second kappa shape index (κ2) is 13.9. The monoisotopic (exact) mass is 714 g/mol. The van der Waals surface area contributed by atoms with Crippen LogP contribution < -0.4 is 31.8 Å². The molecule has 0 unspecified atom stereocenters. The fourth-order valence-electron chi connectivity index (χ4n) is 7.04. The summed E-state index contributed by atoms with van der Waals surface area (Å²) in [7, 11) is 0. The minimum absolute atomic E-state index is 0.286. The molecule has 258 valence electrons. The van der Waals surface area contributed by atoms with E-state index in [4.69, 9.17) is 23.2 Å². The number of rotatable bonds is 9. The molecule has 2 aromatic carbocycles. The Balaban J connectivity index is 0.993. The first-order valence-electron chi connectivity index (χ1n) is 16.8. The second-order valence-corrected chi connectivity index (χ2v) is 13.6. The summed E-state index contributed by atoms with van der Waals surface area (Å²) in [6.45, 7) is 4.38. The number of H-pyrrole nitrogens is 2. The fourth-order valence-corrected chi connectivity index (χ4v) is 7.45. The van der Waals surface area contributed by atoms with E-state index in [0.29, 0.717) is 41.3 Å². The van der Waals surface area contributed by atoms with E-state index in [1.807, 2.05) is 42.5 Å². The first-order chi connectivity index (χ1) is 24.4. The Morgan fingerprint density at radius 2 is 1.22 bits per heavy atom. The number of benzene rings is 2. The zero-order valence-electron chi connectivity index (χ0n) is 27.1. The molecule has 2 aliphatic heterocycles. The van der Waals surface area contributed by atoms with Crippen molar-refractivity contribution < 1.29 is 0 Å². The maximum atomic E-state index is 13.5. The van der Waals surface area contributed by atoms with Gasteiger partial charge in [-0.1, -0.05) is 53.5 Å². The molecule has 0 spiro atoms. The molecular formula is C34H36Cl2N12O2. The van der Waals surface area contributed by atoms with Crippen LogP contribution in [0.25, 0.3) is 22.3 Å². The van der Waals surface area contributed by atoms with Gasteiger partial charge in [-0.2, -0.15) is 9.35 Å². The average Bonchev–Trinajstić information content (AvgIpc) is 3.65. The highest BCUT2D eigenvalue weighted by Crippen LogP contribution is 2.27. The van der Waals surface area contributed by atoms with E-state index in [2.05, 4.69) is 56.4 Å². The summed E-state index contributed by atoms with van der Waals surface area (Å²) >= 11 is 12.5. The van der Waals surface area contributed by atoms with E-state index in [0.717, 1.165) is 79.6 Å². The van der Waals surface area contributed by atoms with Gasteiger partial charge in [-0.15, -0.1) is 0 Å². The lowest BCUT2D eigenvalue weighted by Crippen LogP contribution is -2.42. The number of piperidine rings is 2. The van der Waals surface area contributed by atoms with Gasteiger partial charge in [-0.05, 0) is 55.0 Å². The van der Waals surface area contributed by atoms with Crippen LogP contribution in [0.4, 0.5) is 11.6 Å². The molecule has 0 saturated carbocycles. The summed E-state index contributed by atoms with van der Waals surface area (Å²) in [6, 6.07) is 16.4. The second-order valence-electron chi connectivity index (χ2n) is 12.8. The van der Waals surface area contributed by atoms with Crippen LogP contribution in [0.1, 0.15) is 36.8 Å². The lowest BCUT2D eigenvalue weighted by molar-refractivity contribution is 0.413. The third-order valence-electron chi connectivity index (χ3n) is 9.68. The normalized spacial score (nSPS) is 16.2. The quantitative estimate of drug-likeness (QED) is 0.174. The number of fused-ring (bicyclic) bond motifs is 2. The first-order valence-corrected chi connectivity index (χ1v) is 17.5. The third kappa shape index (κ3) is 6.35. The Labute approximate surface area is 296 Å². The predicted octanol–water partition coefficient (Wildman–Crippen LogP) is 3.69. The molecule has 2 saturated heterocycles. The van der Waals surface area contributed by atoms with Crippen LogP contribution in [0.3, 0.4) is 0 Å². The number of aromatic amines is 2. The van der Waals surface area contributed by atoms with Gasteiger partial charge in [0.25, 0.3) is 0 Å². The van der Waals surface area contributed by atoms with Crippen molar-refractivity contribution in [3.05, 3.63) is 103 Å². The number of hydrogen-bond acceptors (Lipinski definition) is 10. The van der Waals surface area contributed by atoms with Crippen LogP contribution in [-0.4, -0.2) is 77.5 Å². The molecule has 4 aromatic heterocycles. The molecule has 0 aliphatic carbocycles. The molecule has 14 nitrogen and oxygen atoms in total. The summed E-state index contributed by atoms with van der Waals surface area (Å²) in [6.07, 6.45) is 6.42. The number of imidazole rings is 2. The lowest BCUT2D eigenvalue weighted by Gasteiger charge is -2.33. The number of halogens is 2. The van der Waals surface area contributed by atoms with Crippen molar-refractivity contribution in [3.63, 3.8) is 0 Å². The number of aromatic nitrogens is 8. The SMILES string of the molecule is O=c1[nH]c2c(N3CCC(NCc4cccc(Cl)c4)CC3)ncnc2n1-n1c(=O)[nH]c2c(N3CCC(NCc4ccccc4Cl)CC3)ncnc21. The van der Waals surface area contributed by atoms with E-state index >= 15 is 0 Å². The topological polar surface area (TPSA) is 158 Å². The maximum absolute atomic E-state index is 13.5. The van der Waals surface area contributed by atoms with Gasteiger partial charge in [-0.3, -0.25) is 9.97 Å². The number of nitrogens with zero attached hydrogens (tertiary/aromatic N) is 8. The van der Waals surface area contributed by atoms with Gasteiger partial charge in [0, 0.05) is 61.4 Å². The van der Waals surface area contributed by atoms with Gasteiger partial charge in [0.15, 0.2) is 22.9 Å². The number of anilines is 2. The zero-order valence-corrected chi connectivity index (χ0v) is 28.7. The van der Waals surface area contributed by atoms with E-state index in [1.165, 1.54) is 22.0 Å². The zero-order chi connectivity index (χ0) is 34.2. The van der Waals surface area contributed by atoms with Gasteiger partial charge in [-0.25, -0.2) is 29.5 Å². The highest BCUT2D eigenvalue weighted by atomic mass is 35.5. The van der Waals surface area contributed by atoms with Crippen molar-refractivity contribution in [1.29, 1.82) is 0 Å². The predicted molar refractivity (Wildman–Crippen MR) is 194 cm³/mol. The van der Waals surface area contributed by atoms with Crippen molar-refractivity contribution in [2.75, 3.05) is 36.0 Å². The van der Waals surface area contributed by atoms with Gasteiger partial charge >= 0.3 is 11.4 Å². The van der Waals surface area contributed by atoms with Crippen LogP contribution in [-0.2, 0) is 13.1 Å². The van der Waals surface area contributed by atoms with E-state index < -0.39 is 11.4 Å². The van der Waals surface area contributed by atoms with Crippen LogP contribution >= 0.6 is 23.2 Å². The minimum Gasteiger partial charge on any atom is -0.355 e. The van der Waals surface area contributed by atoms with Crippen LogP contribution in [0.5, 0.6) is 0 Å². The molecule has 2 aliphatic rings.